The largest absolute Gasteiger partial charge is 0.469 e. The van der Waals surface area contributed by atoms with E-state index in [2.05, 4.69) is 19.1 Å². The Kier molecular flexibility index (Phi) is 3.64. The Morgan fingerprint density at radius 2 is 2.12 bits per heavy atom. The molecule has 1 N–H and O–H groups in total. The second-order valence-electron chi connectivity index (χ2n) is 4.36. The molecule has 1 aromatic heterocycles. The van der Waals surface area contributed by atoms with Crippen molar-refractivity contribution in [3.8, 4) is 0 Å². The first-order chi connectivity index (χ1) is 8.20. The van der Waals surface area contributed by atoms with Crippen LogP contribution in [0, 0.1) is 6.92 Å². The second-order valence-corrected chi connectivity index (χ2v) is 4.36. The van der Waals surface area contributed by atoms with Crippen LogP contribution in [0.4, 0.5) is 0 Å². The van der Waals surface area contributed by atoms with Crippen LogP contribution in [0.2, 0.25) is 0 Å². The number of hydrogen-bond acceptors (Lipinski definition) is 2. The molecule has 1 unspecified atom stereocenters. The Morgan fingerprint density at radius 1 is 1.29 bits per heavy atom. The van der Waals surface area contributed by atoms with Crippen LogP contribution in [0.3, 0.4) is 0 Å². The molecular formula is C15H18O2. The predicted molar refractivity (Wildman–Crippen MR) is 67.9 cm³/mol. The zero-order chi connectivity index (χ0) is 12.3. The average Bonchev–Trinajstić information content (AvgIpc) is 2.77. The molecule has 0 aliphatic carbocycles. The summed E-state index contributed by atoms with van der Waals surface area (Å²) >= 11 is 0. The normalized spacial score (nSPS) is 12.6. The van der Waals surface area contributed by atoms with Crippen molar-refractivity contribution in [3.05, 3.63) is 59.0 Å². The van der Waals surface area contributed by atoms with Crippen LogP contribution in [0.15, 0.2) is 41.0 Å². The van der Waals surface area contributed by atoms with Crippen molar-refractivity contribution in [3.63, 3.8) is 0 Å². The summed E-state index contributed by atoms with van der Waals surface area (Å²) in [6.45, 7) is 4.09. The van der Waals surface area contributed by atoms with Gasteiger partial charge in [-0.05, 0) is 18.6 Å². The fourth-order valence-corrected chi connectivity index (χ4v) is 2.11. The van der Waals surface area contributed by atoms with Gasteiger partial charge < -0.3 is 9.52 Å². The highest BCUT2D eigenvalue weighted by Gasteiger charge is 2.14. The van der Waals surface area contributed by atoms with E-state index in [1.165, 1.54) is 5.56 Å². The van der Waals surface area contributed by atoms with Crippen molar-refractivity contribution in [1.82, 2.24) is 0 Å². The number of furan rings is 1. The molecule has 0 spiro atoms. The average molecular weight is 230 g/mol. The van der Waals surface area contributed by atoms with E-state index < -0.39 is 6.10 Å². The van der Waals surface area contributed by atoms with Gasteiger partial charge in [-0.3, -0.25) is 0 Å². The van der Waals surface area contributed by atoms with Gasteiger partial charge in [0.1, 0.15) is 5.76 Å². The van der Waals surface area contributed by atoms with Gasteiger partial charge in [-0.15, -0.1) is 0 Å². The molecule has 1 heterocycles. The van der Waals surface area contributed by atoms with Crippen molar-refractivity contribution in [2.45, 2.75) is 32.8 Å². The summed E-state index contributed by atoms with van der Waals surface area (Å²) in [4.78, 5) is 0. The van der Waals surface area contributed by atoms with Gasteiger partial charge in [0.2, 0.25) is 0 Å². The topological polar surface area (TPSA) is 33.4 Å². The minimum Gasteiger partial charge on any atom is -0.469 e. The summed E-state index contributed by atoms with van der Waals surface area (Å²) in [5.41, 5.74) is 3.28. The van der Waals surface area contributed by atoms with Crippen molar-refractivity contribution in [2.24, 2.45) is 0 Å². The molecule has 0 bridgehead atoms. The zero-order valence-corrected chi connectivity index (χ0v) is 10.3. The molecule has 1 atom stereocenters. The van der Waals surface area contributed by atoms with Crippen molar-refractivity contribution in [1.29, 1.82) is 0 Å². The number of aliphatic hydroxyl groups is 1. The molecule has 0 saturated heterocycles. The van der Waals surface area contributed by atoms with E-state index in [4.69, 9.17) is 4.42 Å². The van der Waals surface area contributed by atoms with E-state index >= 15 is 0 Å². The van der Waals surface area contributed by atoms with E-state index in [9.17, 15) is 5.11 Å². The van der Waals surface area contributed by atoms with Gasteiger partial charge in [-0.2, -0.15) is 0 Å². The number of benzene rings is 1. The van der Waals surface area contributed by atoms with Gasteiger partial charge in [0.15, 0.2) is 0 Å². The van der Waals surface area contributed by atoms with Gasteiger partial charge in [-0.25, -0.2) is 0 Å². The van der Waals surface area contributed by atoms with Crippen molar-refractivity contribution in [2.75, 3.05) is 0 Å². The lowest BCUT2D eigenvalue weighted by Crippen LogP contribution is -2.03. The second kappa shape index (κ2) is 5.19. The molecule has 2 nitrogen and oxygen atoms in total. The molecule has 0 aliphatic heterocycles. The SMILES string of the molecule is CCc1occc1C(O)Cc1cccc(C)c1. The van der Waals surface area contributed by atoms with Crippen molar-refractivity contribution < 1.29 is 9.52 Å². The summed E-state index contributed by atoms with van der Waals surface area (Å²) in [7, 11) is 0. The summed E-state index contributed by atoms with van der Waals surface area (Å²) in [6, 6.07) is 10.1. The minimum absolute atomic E-state index is 0.481. The molecule has 0 radical (unpaired) electrons. The van der Waals surface area contributed by atoms with E-state index in [0.717, 1.165) is 23.3 Å². The summed E-state index contributed by atoms with van der Waals surface area (Å²) in [5.74, 6) is 0.880. The molecule has 0 saturated carbocycles. The van der Waals surface area contributed by atoms with Crippen LogP contribution in [0.5, 0.6) is 0 Å². The smallest absolute Gasteiger partial charge is 0.109 e. The van der Waals surface area contributed by atoms with Gasteiger partial charge in [0, 0.05) is 18.4 Å². The van der Waals surface area contributed by atoms with E-state index in [0.29, 0.717) is 6.42 Å². The molecular weight excluding hydrogens is 212 g/mol. The highest BCUT2D eigenvalue weighted by atomic mass is 16.3. The number of aliphatic hydroxyl groups excluding tert-OH is 1. The first-order valence-corrected chi connectivity index (χ1v) is 6.00. The lowest BCUT2D eigenvalue weighted by atomic mass is 10.00. The number of rotatable bonds is 4. The first-order valence-electron chi connectivity index (χ1n) is 6.00. The summed E-state index contributed by atoms with van der Waals surface area (Å²) in [6.07, 6.45) is 2.61. The third kappa shape index (κ3) is 2.77. The molecule has 1 aromatic carbocycles. The molecule has 0 fully saturated rings. The summed E-state index contributed by atoms with van der Waals surface area (Å²) in [5, 5.41) is 10.2. The minimum atomic E-state index is -0.481. The Balaban J connectivity index is 2.14. The maximum absolute atomic E-state index is 10.2. The molecule has 90 valence electrons. The quantitative estimate of drug-likeness (QED) is 0.873. The van der Waals surface area contributed by atoms with Gasteiger partial charge >= 0.3 is 0 Å². The molecule has 2 rings (SSSR count). The van der Waals surface area contributed by atoms with Crippen LogP contribution in [-0.4, -0.2) is 5.11 Å². The lowest BCUT2D eigenvalue weighted by molar-refractivity contribution is 0.176. The first kappa shape index (κ1) is 11.9. The lowest BCUT2D eigenvalue weighted by Gasteiger charge is -2.10. The molecule has 2 heteroatoms. The fraction of sp³-hybridized carbons (Fsp3) is 0.333. The fourth-order valence-electron chi connectivity index (χ4n) is 2.11. The molecule has 2 aromatic rings. The van der Waals surface area contributed by atoms with Gasteiger partial charge in [0.25, 0.3) is 0 Å². The van der Waals surface area contributed by atoms with Crippen LogP contribution in [0.25, 0.3) is 0 Å². The summed E-state index contributed by atoms with van der Waals surface area (Å²) < 4.78 is 5.34. The van der Waals surface area contributed by atoms with Crippen LogP contribution < -0.4 is 0 Å². The third-order valence-electron chi connectivity index (χ3n) is 2.97. The van der Waals surface area contributed by atoms with Crippen LogP contribution in [0.1, 0.15) is 35.5 Å². The Labute approximate surface area is 102 Å². The van der Waals surface area contributed by atoms with Crippen LogP contribution >= 0.6 is 0 Å². The Bertz CT molecular complexity index is 485. The van der Waals surface area contributed by atoms with E-state index in [-0.39, 0.29) is 0 Å². The maximum atomic E-state index is 10.2. The monoisotopic (exact) mass is 230 g/mol. The Morgan fingerprint density at radius 3 is 2.82 bits per heavy atom. The maximum Gasteiger partial charge on any atom is 0.109 e. The zero-order valence-electron chi connectivity index (χ0n) is 10.3. The molecule has 17 heavy (non-hydrogen) atoms. The Hall–Kier alpha value is -1.54. The van der Waals surface area contributed by atoms with E-state index in [1.807, 2.05) is 25.1 Å². The highest BCUT2D eigenvalue weighted by Crippen LogP contribution is 2.23. The third-order valence-corrected chi connectivity index (χ3v) is 2.97. The highest BCUT2D eigenvalue weighted by molar-refractivity contribution is 5.26. The van der Waals surface area contributed by atoms with Gasteiger partial charge in [-0.1, -0.05) is 36.8 Å². The van der Waals surface area contributed by atoms with Crippen molar-refractivity contribution >= 4 is 0 Å². The standard InChI is InChI=1S/C15H18O2/c1-3-15-13(7-8-17-15)14(16)10-12-6-4-5-11(2)9-12/h4-9,14,16H,3,10H2,1-2H3. The number of aryl methyl sites for hydroxylation is 2. The van der Waals surface area contributed by atoms with E-state index in [1.54, 1.807) is 6.26 Å². The van der Waals surface area contributed by atoms with Crippen LogP contribution in [-0.2, 0) is 12.8 Å². The molecule has 0 amide bonds. The van der Waals surface area contributed by atoms with Gasteiger partial charge in [0.05, 0.1) is 12.4 Å². The molecule has 0 aliphatic rings. The number of hydrogen-bond donors (Lipinski definition) is 1. The predicted octanol–water partition coefficient (Wildman–Crippen LogP) is 3.43.